The molecular weight excluding hydrogens is 353 g/mol. The fourth-order valence-corrected chi connectivity index (χ4v) is 4.01. The van der Waals surface area contributed by atoms with Crippen LogP contribution in [-0.2, 0) is 9.59 Å². The summed E-state index contributed by atoms with van der Waals surface area (Å²) in [5.74, 6) is -0.912. The maximum absolute atomic E-state index is 14.4. The van der Waals surface area contributed by atoms with Gasteiger partial charge >= 0.3 is 0 Å². The van der Waals surface area contributed by atoms with E-state index in [4.69, 9.17) is 11.6 Å². The van der Waals surface area contributed by atoms with Gasteiger partial charge in [-0.05, 0) is 42.7 Å². The van der Waals surface area contributed by atoms with Gasteiger partial charge in [-0.15, -0.1) is 0 Å². The van der Waals surface area contributed by atoms with Crippen LogP contribution in [0.3, 0.4) is 0 Å². The zero-order chi connectivity index (χ0) is 18.3. The van der Waals surface area contributed by atoms with Crippen LogP contribution < -0.4 is 4.90 Å². The van der Waals surface area contributed by atoms with Gasteiger partial charge in [-0.1, -0.05) is 35.9 Å². The average molecular weight is 370 g/mol. The molecule has 0 fully saturated rings. The third-order valence-electron chi connectivity index (χ3n) is 5.04. The van der Waals surface area contributed by atoms with Gasteiger partial charge in [0.1, 0.15) is 5.82 Å². The summed E-state index contributed by atoms with van der Waals surface area (Å²) < 4.78 is 14.4. The highest BCUT2D eigenvalue weighted by molar-refractivity contribution is 6.30. The van der Waals surface area contributed by atoms with Crippen LogP contribution in [0.15, 0.2) is 59.8 Å². The van der Waals surface area contributed by atoms with Crippen molar-refractivity contribution in [3.63, 3.8) is 0 Å². The highest BCUT2D eigenvalue weighted by Crippen LogP contribution is 2.43. The molecule has 1 amide bonds. The van der Waals surface area contributed by atoms with E-state index in [0.717, 1.165) is 5.56 Å². The molecule has 0 aromatic heterocycles. The maximum atomic E-state index is 14.4. The van der Waals surface area contributed by atoms with Crippen molar-refractivity contribution in [2.24, 2.45) is 0 Å². The normalized spacial score (nSPS) is 20.4. The highest BCUT2D eigenvalue weighted by atomic mass is 35.5. The van der Waals surface area contributed by atoms with Crippen molar-refractivity contribution in [3.05, 3.63) is 76.2 Å². The fraction of sp³-hybridized carbons (Fsp3) is 0.238. The molecule has 2 aromatic rings. The Morgan fingerprint density at radius 3 is 2.46 bits per heavy atom. The lowest BCUT2D eigenvalue weighted by Gasteiger charge is -2.38. The van der Waals surface area contributed by atoms with Gasteiger partial charge < -0.3 is 0 Å². The first-order valence-corrected chi connectivity index (χ1v) is 9.03. The lowest BCUT2D eigenvalue weighted by Crippen LogP contribution is -2.41. The smallest absolute Gasteiger partial charge is 0.232 e. The fourth-order valence-electron chi connectivity index (χ4n) is 3.89. The van der Waals surface area contributed by atoms with Crippen LogP contribution >= 0.6 is 11.6 Å². The van der Waals surface area contributed by atoms with Gasteiger partial charge in [0, 0.05) is 35.1 Å². The van der Waals surface area contributed by atoms with E-state index >= 15 is 0 Å². The van der Waals surface area contributed by atoms with Crippen LogP contribution in [0.1, 0.15) is 37.2 Å². The Hall–Kier alpha value is -2.46. The molecule has 1 unspecified atom stereocenters. The Morgan fingerprint density at radius 2 is 1.73 bits per heavy atom. The second-order valence-corrected chi connectivity index (χ2v) is 7.06. The van der Waals surface area contributed by atoms with E-state index in [1.807, 2.05) is 12.1 Å². The summed E-state index contributed by atoms with van der Waals surface area (Å²) >= 11 is 5.97. The second-order valence-electron chi connectivity index (χ2n) is 6.63. The summed E-state index contributed by atoms with van der Waals surface area (Å²) in [7, 11) is 0. The zero-order valence-corrected chi connectivity index (χ0v) is 14.8. The number of hydrogen-bond donors (Lipinski definition) is 0. The first kappa shape index (κ1) is 17.0. The third kappa shape index (κ3) is 2.84. The van der Waals surface area contributed by atoms with Gasteiger partial charge in [0.2, 0.25) is 5.91 Å². The summed E-state index contributed by atoms with van der Waals surface area (Å²) in [5.41, 5.74) is 2.39. The minimum Gasteiger partial charge on any atom is -0.294 e. The number of nitrogens with zero attached hydrogens (tertiary/aromatic N) is 1. The van der Waals surface area contributed by atoms with E-state index in [1.54, 1.807) is 30.3 Å². The van der Waals surface area contributed by atoms with Crippen molar-refractivity contribution in [2.75, 3.05) is 4.90 Å². The van der Waals surface area contributed by atoms with Gasteiger partial charge in [0.15, 0.2) is 5.78 Å². The van der Waals surface area contributed by atoms with Crippen molar-refractivity contribution in [2.45, 2.75) is 31.6 Å². The molecular formula is C21H17ClFNO2. The number of rotatable bonds is 2. The van der Waals surface area contributed by atoms with E-state index in [2.05, 4.69) is 0 Å². The maximum Gasteiger partial charge on any atom is 0.232 e. The van der Waals surface area contributed by atoms with E-state index in [9.17, 15) is 14.0 Å². The monoisotopic (exact) mass is 369 g/mol. The van der Waals surface area contributed by atoms with Crippen LogP contribution in [0.4, 0.5) is 10.1 Å². The van der Waals surface area contributed by atoms with E-state index in [-0.39, 0.29) is 29.7 Å². The summed E-state index contributed by atoms with van der Waals surface area (Å²) in [6.45, 7) is 0. The molecule has 0 spiro atoms. The van der Waals surface area contributed by atoms with Crippen LogP contribution in [0.25, 0.3) is 0 Å². The number of ketones is 1. The Kier molecular flexibility index (Phi) is 4.37. The molecule has 1 aliphatic carbocycles. The molecule has 132 valence electrons. The van der Waals surface area contributed by atoms with Gasteiger partial charge in [-0.25, -0.2) is 4.39 Å². The number of benzene rings is 2. The Morgan fingerprint density at radius 1 is 1.00 bits per heavy atom. The van der Waals surface area contributed by atoms with Crippen molar-refractivity contribution in [3.8, 4) is 0 Å². The SMILES string of the molecule is O=C1CCCC2=C1C(c1ccc(Cl)cc1)CC(=O)N2c1ccccc1F. The largest absolute Gasteiger partial charge is 0.294 e. The quantitative estimate of drug-likeness (QED) is 0.746. The molecule has 2 aromatic carbocycles. The average Bonchev–Trinajstić information content (AvgIpc) is 2.63. The zero-order valence-electron chi connectivity index (χ0n) is 14.0. The predicted octanol–water partition coefficient (Wildman–Crippen LogP) is 5.01. The van der Waals surface area contributed by atoms with E-state index in [1.165, 1.54) is 11.0 Å². The summed E-state index contributed by atoms with van der Waals surface area (Å²) in [6, 6.07) is 13.4. The van der Waals surface area contributed by atoms with Crippen LogP contribution in [0.2, 0.25) is 5.02 Å². The molecule has 0 saturated heterocycles. The van der Waals surface area contributed by atoms with Crippen LogP contribution in [-0.4, -0.2) is 11.7 Å². The molecule has 2 aliphatic rings. The summed E-state index contributed by atoms with van der Waals surface area (Å²) in [5, 5.41) is 0.605. The van der Waals surface area contributed by atoms with E-state index < -0.39 is 5.82 Å². The molecule has 4 rings (SSSR count). The number of carbonyl (C=O) groups is 2. The number of amides is 1. The molecule has 0 bridgehead atoms. The molecule has 0 saturated carbocycles. The number of para-hydroxylation sites is 1. The molecule has 1 aliphatic heterocycles. The Bertz CT molecular complexity index is 920. The molecule has 1 atom stereocenters. The lowest BCUT2D eigenvalue weighted by molar-refractivity contribution is -0.120. The predicted molar refractivity (Wildman–Crippen MR) is 98.6 cm³/mol. The highest BCUT2D eigenvalue weighted by Gasteiger charge is 2.40. The molecule has 0 radical (unpaired) electrons. The van der Waals surface area contributed by atoms with Crippen molar-refractivity contribution in [1.29, 1.82) is 0 Å². The number of allylic oxidation sites excluding steroid dienone is 2. The number of hydrogen-bond acceptors (Lipinski definition) is 2. The first-order valence-electron chi connectivity index (χ1n) is 8.65. The minimum absolute atomic E-state index is 0.0417. The molecule has 0 N–H and O–H groups in total. The number of anilines is 1. The number of Topliss-reactive ketones (excluding diaryl/α,β-unsaturated/α-hetero) is 1. The van der Waals surface area contributed by atoms with Crippen molar-refractivity contribution in [1.82, 2.24) is 0 Å². The third-order valence-corrected chi connectivity index (χ3v) is 5.29. The molecule has 5 heteroatoms. The molecule has 26 heavy (non-hydrogen) atoms. The topological polar surface area (TPSA) is 37.4 Å². The number of halogens is 2. The minimum atomic E-state index is -0.462. The van der Waals surface area contributed by atoms with Crippen molar-refractivity contribution < 1.29 is 14.0 Å². The lowest BCUT2D eigenvalue weighted by atomic mass is 9.77. The standard InChI is InChI=1S/C21H17ClFNO2/c22-14-10-8-13(9-11-14)15-12-20(26)24(17-5-2-1-4-16(17)23)18-6-3-7-19(25)21(15)18/h1-2,4-5,8-11,15H,3,6-7,12H2. The van der Waals surface area contributed by atoms with Crippen LogP contribution in [0, 0.1) is 5.82 Å². The molecule has 3 nitrogen and oxygen atoms in total. The van der Waals surface area contributed by atoms with Gasteiger partial charge in [-0.2, -0.15) is 0 Å². The first-order chi connectivity index (χ1) is 12.6. The summed E-state index contributed by atoms with van der Waals surface area (Å²) in [4.78, 5) is 27.1. The van der Waals surface area contributed by atoms with Gasteiger partial charge in [-0.3, -0.25) is 14.5 Å². The van der Waals surface area contributed by atoms with Crippen molar-refractivity contribution >= 4 is 29.0 Å². The second kappa shape index (κ2) is 6.69. The Labute approximate surface area is 156 Å². The van der Waals surface area contributed by atoms with Gasteiger partial charge in [0.05, 0.1) is 5.69 Å². The van der Waals surface area contributed by atoms with Crippen LogP contribution in [0.5, 0.6) is 0 Å². The summed E-state index contributed by atoms with van der Waals surface area (Å²) in [6.07, 6.45) is 1.86. The molecule has 1 heterocycles. The van der Waals surface area contributed by atoms with Gasteiger partial charge in [0.25, 0.3) is 0 Å². The van der Waals surface area contributed by atoms with E-state index in [0.29, 0.717) is 35.6 Å². The Balaban J connectivity index is 1.87. The number of carbonyl (C=O) groups excluding carboxylic acids is 2.